The topological polar surface area (TPSA) is 49.9 Å². The lowest BCUT2D eigenvalue weighted by molar-refractivity contribution is 0.416. The molecule has 0 saturated carbocycles. The Hall–Kier alpha value is -3.53. The van der Waals surface area contributed by atoms with E-state index in [9.17, 15) is 0 Å². The molecule has 27 heavy (non-hydrogen) atoms. The van der Waals surface area contributed by atoms with E-state index in [-0.39, 0.29) is 0 Å². The van der Waals surface area contributed by atoms with Crippen LogP contribution in [-0.2, 0) is 6.54 Å². The van der Waals surface area contributed by atoms with Crippen molar-refractivity contribution in [3.63, 3.8) is 0 Å². The van der Waals surface area contributed by atoms with E-state index in [0.29, 0.717) is 0 Å². The molecule has 4 aromatic rings. The molecule has 4 rings (SSSR count). The molecule has 0 aliphatic carbocycles. The minimum Gasteiger partial charge on any atom is -0.496 e. The standard InChI is InChI=1S/C23H21N3O/c1-27-23-13-12-19(24-16-17-8-4-2-5-9-17)14-20(23)22-15-21(25-26-22)18-10-6-3-7-11-18/h2-15,24H,16H2,1H3,(H,25,26). The van der Waals surface area contributed by atoms with Crippen molar-refractivity contribution in [1.29, 1.82) is 0 Å². The molecule has 4 heteroatoms. The Morgan fingerprint density at radius 3 is 2.37 bits per heavy atom. The number of anilines is 1. The van der Waals surface area contributed by atoms with Crippen LogP contribution in [0, 0.1) is 0 Å². The maximum absolute atomic E-state index is 5.56. The van der Waals surface area contributed by atoms with E-state index < -0.39 is 0 Å². The SMILES string of the molecule is COc1ccc(NCc2ccccc2)cc1-c1cc(-c2ccccc2)n[nH]1. The van der Waals surface area contributed by atoms with Crippen LogP contribution in [-0.4, -0.2) is 17.3 Å². The normalized spacial score (nSPS) is 10.6. The molecule has 0 radical (unpaired) electrons. The van der Waals surface area contributed by atoms with Gasteiger partial charge in [0.25, 0.3) is 0 Å². The molecule has 0 unspecified atom stereocenters. The average molecular weight is 355 g/mol. The molecule has 0 bridgehead atoms. The molecule has 0 saturated heterocycles. The number of benzene rings is 3. The lowest BCUT2D eigenvalue weighted by Gasteiger charge is -2.11. The molecule has 0 atom stereocenters. The maximum atomic E-state index is 5.56. The van der Waals surface area contributed by atoms with Gasteiger partial charge in [-0.1, -0.05) is 60.7 Å². The third-order valence-electron chi connectivity index (χ3n) is 4.48. The highest BCUT2D eigenvalue weighted by molar-refractivity contribution is 5.75. The largest absolute Gasteiger partial charge is 0.496 e. The van der Waals surface area contributed by atoms with Gasteiger partial charge in [-0.05, 0) is 29.8 Å². The highest BCUT2D eigenvalue weighted by Crippen LogP contribution is 2.33. The van der Waals surface area contributed by atoms with Gasteiger partial charge in [0.1, 0.15) is 5.75 Å². The Labute approximate surface area is 158 Å². The number of methoxy groups -OCH3 is 1. The molecule has 0 amide bonds. The predicted molar refractivity (Wildman–Crippen MR) is 110 cm³/mol. The summed E-state index contributed by atoms with van der Waals surface area (Å²) in [5.74, 6) is 0.809. The van der Waals surface area contributed by atoms with Gasteiger partial charge in [0.15, 0.2) is 0 Å². The van der Waals surface area contributed by atoms with E-state index in [4.69, 9.17) is 4.74 Å². The zero-order valence-electron chi connectivity index (χ0n) is 15.1. The van der Waals surface area contributed by atoms with E-state index in [1.54, 1.807) is 7.11 Å². The molecule has 1 heterocycles. The average Bonchev–Trinajstić information content (AvgIpc) is 3.23. The number of nitrogens with zero attached hydrogens (tertiary/aromatic N) is 1. The molecule has 0 fully saturated rings. The lowest BCUT2D eigenvalue weighted by Crippen LogP contribution is -2.00. The fourth-order valence-electron chi connectivity index (χ4n) is 3.04. The zero-order chi connectivity index (χ0) is 18.5. The van der Waals surface area contributed by atoms with Gasteiger partial charge in [0, 0.05) is 23.4 Å². The summed E-state index contributed by atoms with van der Waals surface area (Å²) in [7, 11) is 1.68. The van der Waals surface area contributed by atoms with Gasteiger partial charge in [0.2, 0.25) is 0 Å². The maximum Gasteiger partial charge on any atom is 0.128 e. The van der Waals surface area contributed by atoms with Gasteiger partial charge in [-0.15, -0.1) is 0 Å². The van der Waals surface area contributed by atoms with Crippen molar-refractivity contribution in [3.05, 3.63) is 90.5 Å². The van der Waals surface area contributed by atoms with Gasteiger partial charge in [0.05, 0.1) is 18.5 Å². The summed E-state index contributed by atoms with van der Waals surface area (Å²) < 4.78 is 5.56. The molecule has 0 spiro atoms. The smallest absolute Gasteiger partial charge is 0.128 e. The van der Waals surface area contributed by atoms with E-state index in [0.717, 1.165) is 40.5 Å². The number of aromatic amines is 1. The lowest BCUT2D eigenvalue weighted by atomic mass is 10.1. The van der Waals surface area contributed by atoms with Crippen LogP contribution >= 0.6 is 0 Å². The quantitative estimate of drug-likeness (QED) is 0.489. The molecule has 2 N–H and O–H groups in total. The number of hydrogen-bond donors (Lipinski definition) is 2. The van der Waals surface area contributed by atoms with E-state index in [1.165, 1.54) is 5.56 Å². The van der Waals surface area contributed by atoms with E-state index in [2.05, 4.69) is 45.8 Å². The minimum atomic E-state index is 0.769. The Balaban J connectivity index is 1.61. The fraction of sp³-hybridized carbons (Fsp3) is 0.0870. The zero-order valence-corrected chi connectivity index (χ0v) is 15.1. The molecular weight excluding hydrogens is 334 g/mol. The molecule has 0 aliphatic heterocycles. The molecular formula is C23H21N3O. The second kappa shape index (κ2) is 7.79. The first-order valence-electron chi connectivity index (χ1n) is 8.90. The first-order chi connectivity index (χ1) is 13.3. The van der Waals surface area contributed by atoms with Crippen LogP contribution in [0.3, 0.4) is 0 Å². The predicted octanol–water partition coefficient (Wildman–Crippen LogP) is 5.36. The summed E-state index contributed by atoms with van der Waals surface area (Å²) >= 11 is 0. The molecule has 134 valence electrons. The highest BCUT2D eigenvalue weighted by Gasteiger charge is 2.11. The third kappa shape index (κ3) is 3.85. The second-order valence-corrected chi connectivity index (χ2v) is 6.29. The first-order valence-corrected chi connectivity index (χ1v) is 8.90. The van der Waals surface area contributed by atoms with Crippen molar-refractivity contribution in [1.82, 2.24) is 10.2 Å². The highest BCUT2D eigenvalue weighted by atomic mass is 16.5. The van der Waals surface area contributed by atoms with Crippen molar-refractivity contribution in [3.8, 4) is 28.3 Å². The van der Waals surface area contributed by atoms with Crippen LogP contribution < -0.4 is 10.1 Å². The Kier molecular flexibility index (Phi) is 4.88. The van der Waals surface area contributed by atoms with Crippen LogP contribution in [0.1, 0.15) is 5.56 Å². The van der Waals surface area contributed by atoms with Crippen molar-refractivity contribution < 1.29 is 4.74 Å². The van der Waals surface area contributed by atoms with Gasteiger partial charge in [-0.2, -0.15) is 5.10 Å². The number of H-pyrrole nitrogens is 1. The third-order valence-corrected chi connectivity index (χ3v) is 4.48. The van der Waals surface area contributed by atoms with Gasteiger partial charge >= 0.3 is 0 Å². The van der Waals surface area contributed by atoms with Crippen LogP contribution in [0.5, 0.6) is 5.75 Å². The number of aromatic nitrogens is 2. The summed E-state index contributed by atoms with van der Waals surface area (Å²) in [6.45, 7) is 0.769. The number of rotatable bonds is 6. The molecule has 1 aromatic heterocycles. The summed E-state index contributed by atoms with van der Waals surface area (Å²) in [6.07, 6.45) is 0. The monoisotopic (exact) mass is 355 g/mol. The Morgan fingerprint density at radius 2 is 1.63 bits per heavy atom. The van der Waals surface area contributed by atoms with Crippen LogP contribution in [0.25, 0.3) is 22.5 Å². The molecule has 0 aliphatic rings. The van der Waals surface area contributed by atoms with Crippen molar-refractivity contribution in [2.75, 3.05) is 12.4 Å². The number of nitrogens with one attached hydrogen (secondary N) is 2. The number of ether oxygens (including phenoxy) is 1. The van der Waals surface area contributed by atoms with Crippen molar-refractivity contribution in [2.24, 2.45) is 0 Å². The van der Waals surface area contributed by atoms with E-state index >= 15 is 0 Å². The van der Waals surface area contributed by atoms with Crippen molar-refractivity contribution >= 4 is 5.69 Å². The Morgan fingerprint density at radius 1 is 0.889 bits per heavy atom. The fourth-order valence-corrected chi connectivity index (χ4v) is 3.04. The summed E-state index contributed by atoms with van der Waals surface area (Å²) in [4.78, 5) is 0. The summed E-state index contributed by atoms with van der Waals surface area (Å²) in [5, 5.41) is 11.1. The first kappa shape index (κ1) is 16.9. The minimum absolute atomic E-state index is 0.769. The second-order valence-electron chi connectivity index (χ2n) is 6.29. The van der Waals surface area contributed by atoms with Crippen LogP contribution in [0.15, 0.2) is 84.9 Å². The molecule has 4 nitrogen and oxygen atoms in total. The molecule has 3 aromatic carbocycles. The van der Waals surface area contributed by atoms with Crippen molar-refractivity contribution in [2.45, 2.75) is 6.54 Å². The van der Waals surface area contributed by atoms with E-state index in [1.807, 2.05) is 54.6 Å². The van der Waals surface area contributed by atoms with Crippen LogP contribution in [0.4, 0.5) is 5.69 Å². The number of hydrogen-bond acceptors (Lipinski definition) is 3. The van der Waals surface area contributed by atoms with Gasteiger partial charge in [-0.3, -0.25) is 5.10 Å². The summed E-state index contributed by atoms with van der Waals surface area (Å²) in [5.41, 5.74) is 6.17. The summed E-state index contributed by atoms with van der Waals surface area (Å²) in [6, 6.07) is 28.6. The van der Waals surface area contributed by atoms with Crippen LogP contribution in [0.2, 0.25) is 0 Å². The van der Waals surface area contributed by atoms with Gasteiger partial charge < -0.3 is 10.1 Å². The van der Waals surface area contributed by atoms with Gasteiger partial charge in [-0.25, -0.2) is 0 Å². The Bertz CT molecular complexity index is 1010.